The molecule has 3 aromatic rings. The Balaban J connectivity index is 1.28. The molecule has 0 aromatic carbocycles. The number of carbonyl (C=O) groups excluding carboxylic acids is 2. The van der Waals surface area contributed by atoms with Crippen molar-refractivity contribution in [3.8, 4) is 0 Å². The van der Waals surface area contributed by atoms with Gasteiger partial charge in [0.2, 0.25) is 5.91 Å². The third kappa shape index (κ3) is 5.96. The summed E-state index contributed by atoms with van der Waals surface area (Å²) in [6, 6.07) is 1.55. The number of amides is 2. The van der Waals surface area contributed by atoms with E-state index < -0.39 is 61.6 Å². The average Bonchev–Trinajstić information content (AvgIpc) is 3.45. The van der Waals surface area contributed by atoms with E-state index in [-0.39, 0.29) is 18.8 Å². The molecule has 1 aliphatic rings. The van der Waals surface area contributed by atoms with Crippen LogP contribution in [0.4, 0.5) is 30.7 Å². The van der Waals surface area contributed by atoms with E-state index in [1.807, 2.05) is 0 Å². The minimum Gasteiger partial charge on any atom is -0.352 e. The quantitative estimate of drug-likeness (QED) is 0.406. The first-order valence-electron chi connectivity index (χ1n) is 10.8. The molecule has 1 saturated carbocycles. The summed E-state index contributed by atoms with van der Waals surface area (Å²) >= 11 is 0. The lowest BCUT2D eigenvalue weighted by Gasteiger charge is -2.43. The average molecular weight is 536 g/mol. The standard InChI is InChI=1S/C20H19F7N8O2/c21-18(22)4-12(20(18,26)27)9-35-31-8-14(33-35)17(37)29-7-13-10-34-15(32-13)3-11(6-30-34)5-28-16(36)1-2-19(23,24)25/h3,6,8,10,12H,1-2,4-5,7,9H2,(H,28,36)(H,29,37). The van der Waals surface area contributed by atoms with Crippen LogP contribution in [0.3, 0.4) is 0 Å². The second-order valence-electron chi connectivity index (χ2n) is 8.49. The monoisotopic (exact) mass is 536 g/mol. The zero-order chi connectivity index (χ0) is 27.0. The topological polar surface area (TPSA) is 119 Å². The molecule has 37 heavy (non-hydrogen) atoms. The molecule has 2 amide bonds. The number of hydrogen-bond donors (Lipinski definition) is 2. The van der Waals surface area contributed by atoms with Crippen molar-refractivity contribution in [2.45, 2.75) is 56.9 Å². The molecule has 4 rings (SSSR count). The van der Waals surface area contributed by atoms with E-state index in [1.54, 1.807) is 6.07 Å². The summed E-state index contributed by atoms with van der Waals surface area (Å²) in [6.07, 6.45) is -3.44. The van der Waals surface area contributed by atoms with E-state index in [4.69, 9.17) is 0 Å². The fourth-order valence-electron chi connectivity index (χ4n) is 3.56. The number of fused-ring (bicyclic) bond motifs is 1. The summed E-state index contributed by atoms with van der Waals surface area (Å²) in [6.45, 7) is -0.705. The molecule has 3 heterocycles. The molecule has 200 valence electrons. The molecular formula is C20H19F7N8O2. The molecule has 0 spiro atoms. The van der Waals surface area contributed by atoms with E-state index >= 15 is 0 Å². The molecule has 2 N–H and O–H groups in total. The number of nitrogens with one attached hydrogen (secondary N) is 2. The first-order valence-corrected chi connectivity index (χ1v) is 10.8. The lowest BCUT2D eigenvalue weighted by molar-refractivity contribution is -0.316. The van der Waals surface area contributed by atoms with E-state index in [9.17, 15) is 40.3 Å². The van der Waals surface area contributed by atoms with Crippen LogP contribution >= 0.6 is 0 Å². The van der Waals surface area contributed by atoms with E-state index in [0.717, 1.165) is 11.0 Å². The van der Waals surface area contributed by atoms with Crippen LogP contribution < -0.4 is 10.6 Å². The van der Waals surface area contributed by atoms with Crippen molar-refractivity contribution in [1.29, 1.82) is 0 Å². The smallest absolute Gasteiger partial charge is 0.352 e. The Kier molecular flexibility index (Phi) is 6.81. The van der Waals surface area contributed by atoms with Crippen LogP contribution in [0.2, 0.25) is 0 Å². The number of aromatic nitrogens is 6. The number of hydrogen-bond acceptors (Lipinski definition) is 6. The van der Waals surface area contributed by atoms with Crippen molar-refractivity contribution in [1.82, 2.24) is 40.2 Å². The number of nitrogens with zero attached hydrogens (tertiary/aromatic N) is 6. The van der Waals surface area contributed by atoms with Gasteiger partial charge < -0.3 is 10.6 Å². The van der Waals surface area contributed by atoms with Crippen LogP contribution in [0, 0.1) is 5.92 Å². The largest absolute Gasteiger partial charge is 0.389 e. The second kappa shape index (κ2) is 9.59. The summed E-state index contributed by atoms with van der Waals surface area (Å²) in [5.74, 6) is -11.4. The number of rotatable bonds is 9. The van der Waals surface area contributed by atoms with Crippen LogP contribution in [-0.2, 0) is 24.4 Å². The molecule has 0 bridgehead atoms. The molecule has 1 atom stereocenters. The lowest BCUT2D eigenvalue weighted by atomic mass is 9.77. The lowest BCUT2D eigenvalue weighted by Crippen LogP contribution is -2.59. The summed E-state index contributed by atoms with van der Waals surface area (Å²) in [4.78, 5) is 28.9. The van der Waals surface area contributed by atoms with Gasteiger partial charge >= 0.3 is 18.0 Å². The zero-order valence-corrected chi connectivity index (χ0v) is 18.8. The number of imidazole rings is 1. The van der Waals surface area contributed by atoms with Gasteiger partial charge in [0.05, 0.1) is 49.7 Å². The van der Waals surface area contributed by atoms with Crippen molar-refractivity contribution in [3.63, 3.8) is 0 Å². The molecule has 0 saturated heterocycles. The van der Waals surface area contributed by atoms with Gasteiger partial charge in [0.1, 0.15) is 0 Å². The van der Waals surface area contributed by atoms with Gasteiger partial charge in [-0.2, -0.15) is 45.7 Å². The van der Waals surface area contributed by atoms with Crippen LogP contribution in [0.5, 0.6) is 0 Å². The van der Waals surface area contributed by atoms with Gasteiger partial charge in [0, 0.05) is 19.4 Å². The zero-order valence-electron chi connectivity index (χ0n) is 18.8. The summed E-state index contributed by atoms with van der Waals surface area (Å²) in [7, 11) is 0. The molecular weight excluding hydrogens is 517 g/mol. The van der Waals surface area contributed by atoms with Gasteiger partial charge in [0.25, 0.3) is 5.91 Å². The second-order valence-corrected chi connectivity index (χ2v) is 8.49. The summed E-state index contributed by atoms with van der Waals surface area (Å²) in [5.41, 5.74) is 0.992. The molecule has 0 aliphatic heterocycles. The maximum absolute atomic E-state index is 13.4. The van der Waals surface area contributed by atoms with Gasteiger partial charge in [-0.1, -0.05) is 0 Å². The molecule has 17 heteroatoms. The van der Waals surface area contributed by atoms with Gasteiger partial charge in [-0.3, -0.25) is 9.59 Å². The predicted octanol–water partition coefficient (Wildman–Crippen LogP) is 2.50. The molecule has 1 fully saturated rings. The minimum atomic E-state index is -4.43. The fraction of sp³-hybridized carbons (Fsp3) is 0.500. The first kappa shape index (κ1) is 26.3. The Bertz CT molecular complexity index is 1300. The highest BCUT2D eigenvalue weighted by atomic mass is 19.4. The maximum atomic E-state index is 13.4. The number of alkyl halides is 7. The predicted molar refractivity (Wildman–Crippen MR) is 109 cm³/mol. The van der Waals surface area contributed by atoms with Crippen molar-refractivity contribution in [3.05, 3.63) is 41.6 Å². The minimum absolute atomic E-state index is 0.0563. The SMILES string of the molecule is O=C(CCC(F)(F)F)NCc1cnn2cc(CNC(=O)c3cnn(CC4CC(F)(F)C4(F)F)n3)nc2c1. The Morgan fingerprint density at radius 2 is 1.84 bits per heavy atom. The molecule has 1 unspecified atom stereocenters. The molecule has 1 aliphatic carbocycles. The summed E-state index contributed by atoms with van der Waals surface area (Å²) in [5, 5.41) is 16.4. The van der Waals surface area contributed by atoms with E-state index in [1.165, 1.54) is 16.9 Å². The fourth-order valence-corrected chi connectivity index (χ4v) is 3.56. The van der Waals surface area contributed by atoms with Crippen molar-refractivity contribution >= 4 is 17.5 Å². The Morgan fingerprint density at radius 1 is 1.08 bits per heavy atom. The van der Waals surface area contributed by atoms with Crippen LogP contribution in [0.15, 0.2) is 24.7 Å². The molecule has 3 aromatic heterocycles. The van der Waals surface area contributed by atoms with Gasteiger partial charge in [-0.25, -0.2) is 9.50 Å². The van der Waals surface area contributed by atoms with Crippen LogP contribution in [-0.4, -0.2) is 59.4 Å². The van der Waals surface area contributed by atoms with Gasteiger partial charge in [-0.05, 0) is 11.6 Å². The van der Waals surface area contributed by atoms with Crippen molar-refractivity contribution < 1.29 is 40.3 Å². The Labute approximate surface area is 203 Å². The molecule has 0 radical (unpaired) electrons. The van der Waals surface area contributed by atoms with Crippen LogP contribution in [0.1, 0.15) is 41.0 Å². The third-order valence-corrected chi connectivity index (χ3v) is 5.64. The maximum Gasteiger partial charge on any atom is 0.389 e. The first-order chi connectivity index (χ1) is 17.2. The van der Waals surface area contributed by atoms with Crippen molar-refractivity contribution in [2.75, 3.05) is 0 Å². The van der Waals surface area contributed by atoms with E-state index in [2.05, 4.69) is 30.9 Å². The number of halogens is 7. The van der Waals surface area contributed by atoms with Crippen molar-refractivity contribution in [2.24, 2.45) is 5.92 Å². The van der Waals surface area contributed by atoms with E-state index in [0.29, 0.717) is 16.9 Å². The Hall–Kier alpha value is -3.79. The normalized spacial score (nSPS) is 18.4. The number of carbonyl (C=O) groups is 2. The molecule has 10 nitrogen and oxygen atoms in total. The van der Waals surface area contributed by atoms with Gasteiger partial charge in [0.15, 0.2) is 11.3 Å². The van der Waals surface area contributed by atoms with Crippen LogP contribution in [0.25, 0.3) is 5.65 Å². The van der Waals surface area contributed by atoms with Gasteiger partial charge in [-0.15, -0.1) is 5.10 Å². The highest BCUT2D eigenvalue weighted by Crippen LogP contribution is 2.55. The highest BCUT2D eigenvalue weighted by Gasteiger charge is 2.71. The third-order valence-electron chi connectivity index (χ3n) is 5.64. The highest BCUT2D eigenvalue weighted by molar-refractivity contribution is 5.91. The Morgan fingerprint density at radius 3 is 2.51 bits per heavy atom. The summed E-state index contributed by atoms with van der Waals surface area (Å²) < 4.78 is 90.8.